The number of hydrogen-bond acceptors (Lipinski definition) is 2. The fourth-order valence-electron chi connectivity index (χ4n) is 2.93. The van der Waals surface area contributed by atoms with Crippen LogP contribution < -0.4 is 5.32 Å². The average Bonchev–Trinajstić information content (AvgIpc) is 2.39. The molecule has 2 rings (SSSR count). The fourth-order valence-corrected chi connectivity index (χ4v) is 2.93. The molecule has 1 saturated carbocycles. The minimum atomic E-state index is -0.869. The predicted molar refractivity (Wildman–Crippen MR) is 77.6 cm³/mol. The summed E-state index contributed by atoms with van der Waals surface area (Å²) in [5, 5.41) is 12.3. The number of rotatable bonds is 4. The molecule has 0 spiro atoms. The molecule has 108 valence electrons. The predicted octanol–water partition coefficient (Wildman–Crippen LogP) is 3.36. The molecule has 0 unspecified atom stereocenters. The van der Waals surface area contributed by atoms with Crippen molar-refractivity contribution >= 4 is 17.6 Å². The van der Waals surface area contributed by atoms with Crippen molar-refractivity contribution in [2.75, 3.05) is 5.32 Å². The topological polar surface area (TPSA) is 66.4 Å². The Kier molecular flexibility index (Phi) is 4.42. The lowest BCUT2D eigenvalue weighted by molar-refractivity contribution is -0.153. The van der Waals surface area contributed by atoms with Crippen molar-refractivity contribution in [1.82, 2.24) is 0 Å². The summed E-state index contributed by atoms with van der Waals surface area (Å²) in [6.45, 7) is 1.95. The Morgan fingerprint density at radius 1 is 1.25 bits per heavy atom. The summed E-state index contributed by atoms with van der Waals surface area (Å²) in [5.41, 5.74) is 0.923. The third-order valence-electron chi connectivity index (χ3n) is 4.07. The Labute approximate surface area is 119 Å². The van der Waals surface area contributed by atoms with Gasteiger partial charge in [-0.3, -0.25) is 9.59 Å². The molecule has 0 aromatic heterocycles. The molecule has 0 bridgehead atoms. The van der Waals surface area contributed by atoms with Crippen molar-refractivity contribution < 1.29 is 14.7 Å². The van der Waals surface area contributed by atoms with Crippen LogP contribution in [0.4, 0.5) is 5.69 Å². The van der Waals surface area contributed by atoms with Gasteiger partial charge in [0.15, 0.2) is 0 Å². The molecular weight excluding hydrogens is 254 g/mol. The van der Waals surface area contributed by atoms with E-state index in [1.807, 2.05) is 31.2 Å². The maximum atomic E-state index is 12.1. The second-order valence-electron chi connectivity index (χ2n) is 5.74. The normalized spacial score (nSPS) is 17.4. The number of carboxylic acids is 1. The summed E-state index contributed by atoms with van der Waals surface area (Å²) in [6, 6.07) is 7.53. The van der Waals surface area contributed by atoms with E-state index in [4.69, 9.17) is 0 Å². The van der Waals surface area contributed by atoms with Crippen molar-refractivity contribution in [1.29, 1.82) is 0 Å². The molecule has 1 aliphatic rings. The van der Waals surface area contributed by atoms with Crippen LogP contribution in [0.15, 0.2) is 24.3 Å². The van der Waals surface area contributed by atoms with Gasteiger partial charge in [0.25, 0.3) is 0 Å². The molecule has 0 atom stereocenters. The van der Waals surface area contributed by atoms with Crippen molar-refractivity contribution in [2.24, 2.45) is 5.41 Å². The lowest BCUT2D eigenvalue weighted by Gasteiger charge is -2.32. The number of carbonyl (C=O) groups is 2. The molecule has 1 fully saturated rings. The van der Waals surface area contributed by atoms with E-state index in [0.29, 0.717) is 12.8 Å². The standard InChI is InChI=1S/C16H21NO3/c1-12-6-5-7-13(10-12)17-14(18)11-16(15(19)20)8-3-2-4-9-16/h5-7,10H,2-4,8-9,11H2,1H3,(H,17,18)(H,19,20). The van der Waals surface area contributed by atoms with Gasteiger partial charge in [-0.25, -0.2) is 0 Å². The minimum absolute atomic E-state index is 0.0657. The highest BCUT2D eigenvalue weighted by molar-refractivity contribution is 5.94. The largest absolute Gasteiger partial charge is 0.481 e. The summed E-state index contributed by atoms with van der Waals surface area (Å²) in [7, 11) is 0. The summed E-state index contributed by atoms with van der Waals surface area (Å²) in [5.74, 6) is -1.04. The maximum absolute atomic E-state index is 12.1. The SMILES string of the molecule is Cc1cccc(NC(=O)CC2(C(=O)O)CCCCC2)c1. The van der Waals surface area contributed by atoms with Crippen molar-refractivity contribution in [3.8, 4) is 0 Å². The van der Waals surface area contributed by atoms with E-state index in [9.17, 15) is 14.7 Å². The highest BCUT2D eigenvalue weighted by atomic mass is 16.4. The second-order valence-corrected chi connectivity index (χ2v) is 5.74. The van der Waals surface area contributed by atoms with Gasteiger partial charge in [-0.1, -0.05) is 31.4 Å². The van der Waals surface area contributed by atoms with Gasteiger partial charge < -0.3 is 10.4 Å². The van der Waals surface area contributed by atoms with Crippen molar-refractivity contribution in [2.45, 2.75) is 45.4 Å². The Bertz CT molecular complexity index is 504. The number of aryl methyl sites for hydroxylation is 1. The summed E-state index contributed by atoms with van der Waals surface area (Å²) in [6.07, 6.45) is 4.12. The first kappa shape index (κ1) is 14.6. The molecule has 1 aromatic rings. The van der Waals surface area contributed by atoms with Gasteiger partial charge in [0, 0.05) is 12.1 Å². The first-order valence-electron chi connectivity index (χ1n) is 7.12. The van der Waals surface area contributed by atoms with Crippen LogP contribution in [0.3, 0.4) is 0 Å². The number of anilines is 1. The Balaban J connectivity index is 2.03. The van der Waals surface area contributed by atoms with Crippen LogP contribution in [0, 0.1) is 12.3 Å². The molecule has 2 N–H and O–H groups in total. The highest BCUT2D eigenvalue weighted by Crippen LogP contribution is 2.39. The second kappa shape index (κ2) is 6.07. The summed E-state index contributed by atoms with van der Waals surface area (Å²) in [4.78, 5) is 23.7. The van der Waals surface area contributed by atoms with Gasteiger partial charge in [0.05, 0.1) is 5.41 Å². The first-order valence-corrected chi connectivity index (χ1v) is 7.12. The lowest BCUT2D eigenvalue weighted by Crippen LogP contribution is -2.37. The molecule has 0 radical (unpaired) electrons. The number of aliphatic carboxylic acids is 1. The number of carboxylic acid groups (broad SMARTS) is 1. The van der Waals surface area contributed by atoms with E-state index in [2.05, 4.69) is 5.32 Å². The van der Waals surface area contributed by atoms with Gasteiger partial charge in [-0.2, -0.15) is 0 Å². The van der Waals surface area contributed by atoms with Crippen LogP contribution in [0.25, 0.3) is 0 Å². The van der Waals surface area contributed by atoms with E-state index in [-0.39, 0.29) is 12.3 Å². The monoisotopic (exact) mass is 275 g/mol. The van der Waals surface area contributed by atoms with E-state index in [1.54, 1.807) is 0 Å². The van der Waals surface area contributed by atoms with E-state index in [1.165, 1.54) is 0 Å². The molecule has 4 nitrogen and oxygen atoms in total. The van der Waals surface area contributed by atoms with Crippen LogP contribution in [-0.4, -0.2) is 17.0 Å². The quantitative estimate of drug-likeness (QED) is 0.885. The van der Waals surface area contributed by atoms with Crippen LogP contribution >= 0.6 is 0 Å². The number of nitrogens with one attached hydrogen (secondary N) is 1. The molecule has 1 amide bonds. The summed E-state index contributed by atoms with van der Waals surface area (Å²) < 4.78 is 0. The van der Waals surface area contributed by atoms with Crippen LogP contribution in [0.2, 0.25) is 0 Å². The Hall–Kier alpha value is -1.84. The van der Waals surface area contributed by atoms with E-state index in [0.717, 1.165) is 30.5 Å². The lowest BCUT2D eigenvalue weighted by atomic mass is 9.71. The molecule has 0 aliphatic heterocycles. The number of carbonyl (C=O) groups excluding carboxylic acids is 1. The fraction of sp³-hybridized carbons (Fsp3) is 0.500. The molecule has 20 heavy (non-hydrogen) atoms. The van der Waals surface area contributed by atoms with E-state index >= 15 is 0 Å². The molecule has 4 heteroatoms. The van der Waals surface area contributed by atoms with Crippen LogP contribution in [-0.2, 0) is 9.59 Å². The van der Waals surface area contributed by atoms with Gasteiger partial charge in [0.1, 0.15) is 0 Å². The highest BCUT2D eigenvalue weighted by Gasteiger charge is 2.41. The van der Waals surface area contributed by atoms with Gasteiger partial charge >= 0.3 is 5.97 Å². The van der Waals surface area contributed by atoms with Crippen LogP contribution in [0.5, 0.6) is 0 Å². The first-order chi connectivity index (χ1) is 9.52. The Morgan fingerprint density at radius 2 is 1.95 bits per heavy atom. The molecule has 0 heterocycles. The Morgan fingerprint density at radius 3 is 2.55 bits per heavy atom. The number of benzene rings is 1. The van der Waals surface area contributed by atoms with Crippen molar-refractivity contribution in [3.63, 3.8) is 0 Å². The molecular formula is C16H21NO3. The number of hydrogen-bond donors (Lipinski definition) is 2. The number of amides is 1. The zero-order chi connectivity index (χ0) is 14.6. The van der Waals surface area contributed by atoms with Crippen LogP contribution in [0.1, 0.15) is 44.1 Å². The smallest absolute Gasteiger partial charge is 0.310 e. The zero-order valence-corrected chi connectivity index (χ0v) is 11.8. The van der Waals surface area contributed by atoms with Gasteiger partial charge in [0.2, 0.25) is 5.91 Å². The van der Waals surface area contributed by atoms with Gasteiger partial charge in [-0.15, -0.1) is 0 Å². The maximum Gasteiger partial charge on any atom is 0.310 e. The molecule has 0 saturated heterocycles. The average molecular weight is 275 g/mol. The van der Waals surface area contributed by atoms with E-state index < -0.39 is 11.4 Å². The molecule has 1 aromatic carbocycles. The minimum Gasteiger partial charge on any atom is -0.481 e. The molecule has 1 aliphatic carbocycles. The third kappa shape index (κ3) is 3.38. The zero-order valence-electron chi connectivity index (χ0n) is 11.8. The van der Waals surface area contributed by atoms with Crippen molar-refractivity contribution in [3.05, 3.63) is 29.8 Å². The van der Waals surface area contributed by atoms with Gasteiger partial charge in [-0.05, 0) is 37.5 Å². The third-order valence-corrected chi connectivity index (χ3v) is 4.07. The summed E-state index contributed by atoms with van der Waals surface area (Å²) >= 11 is 0.